The summed E-state index contributed by atoms with van der Waals surface area (Å²) in [6.07, 6.45) is 4.88. The van der Waals surface area contributed by atoms with E-state index in [0.717, 1.165) is 37.4 Å². The van der Waals surface area contributed by atoms with E-state index in [2.05, 4.69) is 22.5 Å². The van der Waals surface area contributed by atoms with Crippen LogP contribution in [0, 0.1) is 0 Å². The summed E-state index contributed by atoms with van der Waals surface area (Å²) in [5.74, 6) is 0.131. The van der Waals surface area contributed by atoms with Crippen LogP contribution in [0.1, 0.15) is 29.7 Å². The van der Waals surface area contributed by atoms with E-state index in [4.69, 9.17) is 0 Å². The minimum Gasteiger partial charge on any atom is -0.355 e. The van der Waals surface area contributed by atoms with Crippen LogP contribution >= 0.6 is 11.3 Å². The van der Waals surface area contributed by atoms with Gasteiger partial charge in [0.2, 0.25) is 5.91 Å². The highest BCUT2D eigenvalue weighted by Gasteiger charge is 2.21. The van der Waals surface area contributed by atoms with Crippen molar-refractivity contribution < 1.29 is 4.79 Å². The molecule has 1 aliphatic rings. The molecule has 16 heavy (non-hydrogen) atoms. The summed E-state index contributed by atoms with van der Waals surface area (Å²) in [7, 11) is 0. The summed E-state index contributed by atoms with van der Waals surface area (Å²) in [5, 5.41) is 7.31. The molecule has 1 fully saturated rings. The molecule has 0 aromatic carbocycles. The van der Waals surface area contributed by atoms with Crippen molar-refractivity contribution in [2.45, 2.75) is 38.8 Å². The zero-order valence-corrected chi connectivity index (χ0v) is 10.3. The molecule has 0 spiro atoms. The second kappa shape index (κ2) is 5.41. The Morgan fingerprint density at radius 2 is 2.56 bits per heavy atom. The highest BCUT2D eigenvalue weighted by molar-refractivity contribution is 7.11. The number of hydrogen-bond donors (Lipinski definition) is 2. The first-order valence-corrected chi connectivity index (χ1v) is 6.56. The first kappa shape index (κ1) is 11.5. The van der Waals surface area contributed by atoms with Crippen LogP contribution in [0.4, 0.5) is 0 Å². The molecule has 1 aliphatic heterocycles. The minimum atomic E-state index is -0.0269. The number of nitrogens with zero attached hydrogens (tertiary/aromatic N) is 1. The standard InChI is InChI=1S/C11H17N3OS/c1-2-10-14-7-8(16-10)6-13-9-4-3-5-12-11(9)15/h7,9,13H,2-6H2,1H3,(H,12,15). The molecule has 0 bridgehead atoms. The molecule has 1 saturated heterocycles. The summed E-state index contributed by atoms with van der Waals surface area (Å²) in [6.45, 7) is 3.66. The van der Waals surface area contributed by atoms with Gasteiger partial charge in [-0.3, -0.25) is 4.79 Å². The van der Waals surface area contributed by atoms with Gasteiger partial charge in [0.1, 0.15) is 0 Å². The third-order valence-corrected chi connectivity index (χ3v) is 3.85. The van der Waals surface area contributed by atoms with Gasteiger partial charge in [0.05, 0.1) is 11.0 Å². The Morgan fingerprint density at radius 1 is 1.69 bits per heavy atom. The lowest BCUT2D eigenvalue weighted by molar-refractivity contribution is -0.124. The molecule has 0 radical (unpaired) electrons. The summed E-state index contributed by atoms with van der Waals surface area (Å²) in [6, 6.07) is -0.0269. The highest BCUT2D eigenvalue weighted by Crippen LogP contribution is 2.13. The topological polar surface area (TPSA) is 54.0 Å². The molecule has 1 aromatic rings. The fourth-order valence-electron chi connectivity index (χ4n) is 1.78. The summed E-state index contributed by atoms with van der Waals surface area (Å²) >= 11 is 1.72. The Labute approximate surface area is 99.5 Å². The monoisotopic (exact) mass is 239 g/mol. The number of carbonyl (C=O) groups is 1. The van der Waals surface area contributed by atoms with Crippen LogP contribution < -0.4 is 10.6 Å². The number of piperidine rings is 1. The smallest absolute Gasteiger partial charge is 0.237 e. The van der Waals surface area contributed by atoms with Crippen molar-refractivity contribution in [1.82, 2.24) is 15.6 Å². The van der Waals surface area contributed by atoms with Crippen LogP contribution in [0.5, 0.6) is 0 Å². The van der Waals surface area contributed by atoms with Gasteiger partial charge in [-0.25, -0.2) is 4.98 Å². The SMILES string of the molecule is CCc1ncc(CNC2CCCNC2=O)s1. The molecule has 1 amide bonds. The van der Waals surface area contributed by atoms with Crippen molar-refractivity contribution in [2.75, 3.05) is 6.54 Å². The fraction of sp³-hybridized carbons (Fsp3) is 0.636. The number of rotatable bonds is 4. The van der Waals surface area contributed by atoms with Gasteiger partial charge in [-0.15, -0.1) is 11.3 Å². The highest BCUT2D eigenvalue weighted by atomic mass is 32.1. The maximum atomic E-state index is 11.5. The molecular weight excluding hydrogens is 222 g/mol. The summed E-state index contributed by atoms with van der Waals surface area (Å²) < 4.78 is 0. The van der Waals surface area contributed by atoms with E-state index < -0.39 is 0 Å². The Bertz CT molecular complexity index is 364. The zero-order chi connectivity index (χ0) is 11.4. The minimum absolute atomic E-state index is 0.0269. The van der Waals surface area contributed by atoms with Crippen molar-refractivity contribution in [3.8, 4) is 0 Å². The quantitative estimate of drug-likeness (QED) is 0.826. The molecule has 4 nitrogen and oxygen atoms in total. The van der Waals surface area contributed by atoms with Crippen LogP contribution in [0.3, 0.4) is 0 Å². The van der Waals surface area contributed by atoms with Gasteiger partial charge >= 0.3 is 0 Å². The van der Waals surface area contributed by atoms with Gasteiger partial charge in [0, 0.05) is 24.2 Å². The third kappa shape index (κ3) is 2.80. The van der Waals surface area contributed by atoms with E-state index in [1.807, 2.05) is 6.20 Å². The fourth-order valence-corrected chi connectivity index (χ4v) is 2.60. The lowest BCUT2D eigenvalue weighted by Crippen LogP contribution is -2.47. The zero-order valence-electron chi connectivity index (χ0n) is 9.45. The average Bonchev–Trinajstić information content (AvgIpc) is 2.76. The molecule has 1 atom stereocenters. The van der Waals surface area contributed by atoms with Crippen molar-refractivity contribution in [3.05, 3.63) is 16.1 Å². The van der Waals surface area contributed by atoms with Crippen LogP contribution in [-0.4, -0.2) is 23.5 Å². The summed E-state index contributed by atoms with van der Waals surface area (Å²) in [4.78, 5) is 17.0. The number of carbonyl (C=O) groups excluding carboxylic acids is 1. The maximum absolute atomic E-state index is 11.5. The predicted octanol–water partition coefficient (Wildman–Crippen LogP) is 1.07. The number of nitrogens with one attached hydrogen (secondary N) is 2. The van der Waals surface area contributed by atoms with Gasteiger partial charge < -0.3 is 10.6 Å². The van der Waals surface area contributed by atoms with Gasteiger partial charge in [-0.1, -0.05) is 6.92 Å². The lowest BCUT2D eigenvalue weighted by atomic mass is 10.1. The molecule has 0 aliphatic carbocycles. The van der Waals surface area contributed by atoms with Crippen molar-refractivity contribution in [2.24, 2.45) is 0 Å². The molecule has 0 saturated carbocycles. The van der Waals surface area contributed by atoms with Gasteiger partial charge in [0.25, 0.3) is 0 Å². The Balaban J connectivity index is 1.84. The number of aryl methyl sites for hydroxylation is 1. The lowest BCUT2D eigenvalue weighted by Gasteiger charge is -2.22. The molecule has 2 rings (SSSR count). The summed E-state index contributed by atoms with van der Waals surface area (Å²) in [5.41, 5.74) is 0. The van der Waals surface area contributed by atoms with E-state index in [0.29, 0.717) is 0 Å². The maximum Gasteiger partial charge on any atom is 0.237 e. The van der Waals surface area contributed by atoms with Crippen molar-refractivity contribution >= 4 is 17.2 Å². The first-order valence-electron chi connectivity index (χ1n) is 5.74. The number of hydrogen-bond acceptors (Lipinski definition) is 4. The average molecular weight is 239 g/mol. The molecule has 2 heterocycles. The second-order valence-corrected chi connectivity index (χ2v) is 5.14. The van der Waals surface area contributed by atoms with E-state index in [-0.39, 0.29) is 11.9 Å². The second-order valence-electron chi connectivity index (χ2n) is 3.94. The molecule has 1 unspecified atom stereocenters. The molecule has 88 valence electrons. The predicted molar refractivity (Wildman–Crippen MR) is 64.4 cm³/mol. The van der Waals surface area contributed by atoms with Gasteiger partial charge in [-0.2, -0.15) is 0 Å². The Hall–Kier alpha value is -0.940. The molecule has 1 aromatic heterocycles. The number of thiazole rings is 1. The third-order valence-electron chi connectivity index (χ3n) is 2.71. The number of aromatic nitrogens is 1. The van der Waals surface area contributed by atoms with E-state index >= 15 is 0 Å². The van der Waals surface area contributed by atoms with Crippen LogP contribution in [0.2, 0.25) is 0 Å². The van der Waals surface area contributed by atoms with E-state index in [1.54, 1.807) is 11.3 Å². The van der Waals surface area contributed by atoms with E-state index in [1.165, 1.54) is 4.88 Å². The molecule has 5 heteroatoms. The van der Waals surface area contributed by atoms with Crippen LogP contribution in [0.15, 0.2) is 6.20 Å². The Kier molecular flexibility index (Phi) is 3.90. The van der Waals surface area contributed by atoms with Crippen molar-refractivity contribution in [3.63, 3.8) is 0 Å². The first-order chi connectivity index (χ1) is 7.79. The van der Waals surface area contributed by atoms with Crippen LogP contribution in [0.25, 0.3) is 0 Å². The molecule has 2 N–H and O–H groups in total. The van der Waals surface area contributed by atoms with Crippen LogP contribution in [-0.2, 0) is 17.8 Å². The largest absolute Gasteiger partial charge is 0.355 e. The van der Waals surface area contributed by atoms with Gasteiger partial charge in [-0.05, 0) is 19.3 Å². The van der Waals surface area contributed by atoms with E-state index in [9.17, 15) is 4.79 Å². The normalized spacial score (nSPS) is 20.8. The molecular formula is C11H17N3OS. The van der Waals surface area contributed by atoms with Gasteiger partial charge in [0.15, 0.2) is 0 Å². The Morgan fingerprint density at radius 3 is 3.25 bits per heavy atom. The number of amides is 1. The van der Waals surface area contributed by atoms with Crippen molar-refractivity contribution in [1.29, 1.82) is 0 Å².